The standard InChI is InChI=1S/C50H40B2O4S2/c1-5-6-11-30-16-20-32(21-17-30)53-34-24-42-48-46(26-34)57-44-29-45-39(28-38(44)51(48)36-12-7-9-14-40(36)55-42)52-37-13-8-10-15-41(37)56-43-25-35(27-47(58-45)49(43)52)54-33-22-18-31(19-23-33)50(2,3)4/h7-10,12-29H,5-6,11H2,1-4H3. The molecule has 0 aromatic heterocycles. The molecule has 7 aromatic carbocycles. The van der Waals surface area contributed by atoms with Gasteiger partial charge in [0.1, 0.15) is 46.0 Å². The van der Waals surface area contributed by atoms with Gasteiger partial charge in [0.15, 0.2) is 0 Å². The lowest BCUT2D eigenvalue weighted by Crippen LogP contribution is -2.62. The summed E-state index contributed by atoms with van der Waals surface area (Å²) in [5.74, 6) is 6.64. The van der Waals surface area contributed by atoms with E-state index in [4.69, 9.17) is 18.9 Å². The second kappa shape index (κ2) is 13.9. The molecule has 0 saturated heterocycles. The van der Waals surface area contributed by atoms with E-state index in [1.165, 1.54) is 66.5 Å². The molecule has 0 bridgehead atoms. The number of benzene rings is 7. The second-order valence-corrected chi connectivity index (χ2v) is 18.8. The van der Waals surface area contributed by atoms with E-state index < -0.39 is 0 Å². The summed E-state index contributed by atoms with van der Waals surface area (Å²) in [5.41, 5.74) is 10.1. The lowest BCUT2D eigenvalue weighted by molar-refractivity contribution is 0.460. The Bertz CT molecular complexity index is 2780. The Balaban J connectivity index is 1.00. The van der Waals surface area contributed by atoms with Crippen molar-refractivity contribution in [1.29, 1.82) is 0 Å². The maximum absolute atomic E-state index is 6.70. The van der Waals surface area contributed by atoms with Gasteiger partial charge in [-0.05, 0) is 106 Å². The molecule has 11 rings (SSSR count). The van der Waals surface area contributed by atoms with Crippen LogP contribution in [0.25, 0.3) is 0 Å². The van der Waals surface area contributed by atoms with E-state index in [1.807, 2.05) is 23.5 Å². The van der Waals surface area contributed by atoms with E-state index in [0.717, 1.165) is 62.2 Å². The van der Waals surface area contributed by atoms with Crippen LogP contribution in [-0.4, -0.2) is 13.4 Å². The summed E-state index contributed by atoms with van der Waals surface area (Å²) >= 11 is 3.62. The zero-order chi connectivity index (χ0) is 39.1. The van der Waals surface area contributed by atoms with Crippen LogP contribution in [-0.2, 0) is 11.8 Å². The topological polar surface area (TPSA) is 36.9 Å². The van der Waals surface area contributed by atoms with Crippen molar-refractivity contribution in [2.45, 2.75) is 72.0 Å². The molecule has 4 nitrogen and oxygen atoms in total. The highest BCUT2D eigenvalue weighted by molar-refractivity contribution is 8.01. The van der Waals surface area contributed by atoms with Crippen molar-refractivity contribution in [2.24, 2.45) is 0 Å². The smallest absolute Gasteiger partial charge is 0.253 e. The van der Waals surface area contributed by atoms with E-state index >= 15 is 0 Å². The Morgan fingerprint density at radius 3 is 1.50 bits per heavy atom. The van der Waals surface area contributed by atoms with E-state index in [-0.39, 0.29) is 18.8 Å². The maximum Gasteiger partial charge on any atom is 0.253 e. The number of ether oxygens (including phenoxy) is 4. The fraction of sp³-hybridized carbons (Fsp3) is 0.160. The molecule has 0 spiro atoms. The van der Waals surface area contributed by atoms with Crippen molar-refractivity contribution < 1.29 is 18.9 Å². The van der Waals surface area contributed by atoms with Crippen LogP contribution >= 0.6 is 23.5 Å². The van der Waals surface area contributed by atoms with Crippen molar-refractivity contribution in [3.63, 3.8) is 0 Å². The predicted octanol–water partition coefficient (Wildman–Crippen LogP) is 10.1. The average molecular weight is 791 g/mol. The fourth-order valence-electron chi connectivity index (χ4n) is 8.86. The van der Waals surface area contributed by atoms with Crippen LogP contribution in [0.1, 0.15) is 51.7 Å². The van der Waals surface area contributed by atoms with E-state index in [2.05, 4.69) is 161 Å². The molecular formula is C50H40B2O4S2. The average Bonchev–Trinajstić information content (AvgIpc) is 3.22. The van der Waals surface area contributed by atoms with Crippen molar-refractivity contribution in [1.82, 2.24) is 0 Å². The van der Waals surface area contributed by atoms with Gasteiger partial charge in [-0.3, -0.25) is 0 Å². The van der Waals surface area contributed by atoms with E-state index in [1.54, 1.807) is 0 Å². The molecule has 0 amide bonds. The number of rotatable bonds is 7. The Morgan fingerprint density at radius 2 is 1.00 bits per heavy atom. The molecule has 4 heterocycles. The minimum absolute atomic E-state index is 0.0155. The number of aryl methyl sites for hydroxylation is 1. The Labute approximate surface area is 349 Å². The predicted molar refractivity (Wildman–Crippen MR) is 240 cm³/mol. The molecule has 282 valence electrons. The Morgan fingerprint density at radius 1 is 0.500 bits per heavy atom. The summed E-state index contributed by atoms with van der Waals surface area (Å²) in [6, 6.07) is 47.4. The van der Waals surface area contributed by atoms with Gasteiger partial charge >= 0.3 is 0 Å². The van der Waals surface area contributed by atoms with Crippen molar-refractivity contribution in [2.75, 3.05) is 0 Å². The maximum atomic E-state index is 6.70. The summed E-state index contributed by atoms with van der Waals surface area (Å²) in [6.45, 7) is 8.95. The molecular weight excluding hydrogens is 750 g/mol. The highest BCUT2D eigenvalue weighted by atomic mass is 32.2. The summed E-state index contributed by atoms with van der Waals surface area (Å²) in [6.07, 6.45) is 3.46. The first-order chi connectivity index (χ1) is 28.3. The first-order valence-electron chi connectivity index (χ1n) is 20.3. The quantitative estimate of drug-likeness (QED) is 0.150. The van der Waals surface area contributed by atoms with Gasteiger partial charge in [-0.25, -0.2) is 0 Å². The molecule has 7 aromatic rings. The second-order valence-electron chi connectivity index (χ2n) is 16.7. The van der Waals surface area contributed by atoms with Crippen molar-refractivity contribution in [3.8, 4) is 46.0 Å². The number of hydrogen-bond donors (Lipinski definition) is 0. The van der Waals surface area contributed by atoms with Crippen molar-refractivity contribution >= 4 is 69.7 Å². The number of fused-ring (bicyclic) bond motifs is 8. The van der Waals surface area contributed by atoms with Gasteiger partial charge in [0.05, 0.1) is 0 Å². The molecule has 0 radical (unpaired) electrons. The zero-order valence-corrected chi connectivity index (χ0v) is 34.6. The van der Waals surface area contributed by atoms with Gasteiger partial charge in [0.25, 0.3) is 13.4 Å². The molecule has 8 heteroatoms. The Kier molecular flexibility index (Phi) is 8.53. The molecule has 0 unspecified atom stereocenters. The van der Waals surface area contributed by atoms with Crippen LogP contribution in [0.15, 0.2) is 153 Å². The first-order valence-corrected chi connectivity index (χ1v) is 21.9. The monoisotopic (exact) mass is 790 g/mol. The third-order valence-electron chi connectivity index (χ3n) is 11.8. The van der Waals surface area contributed by atoms with Gasteiger partial charge in [-0.1, -0.05) is 135 Å². The minimum atomic E-state index is 0.0155. The molecule has 4 aliphatic rings. The van der Waals surface area contributed by atoms with Gasteiger partial charge in [0, 0.05) is 31.7 Å². The fourth-order valence-corrected chi connectivity index (χ4v) is 11.4. The molecule has 0 atom stereocenters. The summed E-state index contributed by atoms with van der Waals surface area (Å²) in [7, 11) is 0. The zero-order valence-electron chi connectivity index (χ0n) is 32.9. The van der Waals surface area contributed by atoms with Crippen LogP contribution in [0.4, 0.5) is 0 Å². The van der Waals surface area contributed by atoms with Crippen LogP contribution in [0.3, 0.4) is 0 Å². The largest absolute Gasteiger partial charge is 0.458 e. The number of unbranched alkanes of at least 4 members (excludes halogenated alkanes) is 1. The van der Waals surface area contributed by atoms with Crippen LogP contribution in [0.2, 0.25) is 0 Å². The third kappa shape index (κ3) is 6.11. The van der Waals surface area contributed by atoms with Gasteiger partial charge in [-0.2, -0.15) is 0 Å². The highest BCUT2D eigenvalue weighted by Crippen LogP contribution is 2.44. The van der Waals surface area contributed by atoms with E-state index in [9.17, 15) is 0 Å². The Hall–Kier alpha value is -5.43. The normalized spacial score (nSPS) is 13.8. The van der Waals surface area contributed by atoms with Crippen LogP contribution in [0, 0.1) is 0 Å². The van der Waals surface area contributed by atoms with Gasteiger partial charge in [0.2, 0.25) is 0 Å². The SMILES string of the molecule is CCCCc1ccc(Oc2cc3c4c(c2)Sc2cc5c(cc2B4c2ccccc2O3)B2c3ccccc3Oc3cc(Oc4ccc(C(C)(C)C)cc4)cc(c32)S5)cc1. The van der Waals surface area contributed by atoms with Gasteiger partial charge < -0.3 is 18.9 Å². The molecule has 4 aliphatic heterocycles. The summed E-state index contributed by atoms with van der Waals surface area (Å²) in [5, 5.41) is 0. The number of hydrogen-bond acceptors (Lipinski definition) is 6. The molecule has 0 fully saturated rings. The van der Waals surface area contributed by atoms with E-state index in [0.29, 0.717) is 0 Å². The lowest BCUT2D eigenvalue weighted by atomic mass is 9.32. The number of para-hydroxylation sites is 2. The lowest BCUT2D eigenvalue weighted by Gasteiger charge is -2.36. The van der Waals surface area contributed by atoms with Crippen LogP contribution < -0.4 is 51.7 Å². The van der Waals surface area contributed by atoms with Crippen molar-refractivity contribution in [3.05, 3.63) is 145 Å². The summed E-state index contributed by atoms with van der Waals surface area (Å²) < 4.78 is 26.5. The minimum Gasteiger partial charge on any atom is -0.458 e. The van der Waals surface area contributed by atoms with Crippen LogP contribution in [0.5, 0.6) is 46.0 Å². The third-order valence-corrected chi connectivity index (χ3v) is 14.0. The van der Waals surface area contributed by atoms with Gasteiger partial charge in [-0.15, -0.1) is 0 Å². The molecule has 58 heavy (non-hydrogen) atoms. The molecule has 0 saturated carbocycles. The molecule has 0 N–H and O–H groups in total. The first kappa shape index (κ1) is 35.7. The molecule has 0 aliphatic carbocycles. The highest BCUT2D eigenvalue weighted by Gasteiger charge is 2.44. The summed E-state index contributed by atoms with van der Waals surface area (Å²) in [4.78, 5) is 4.81.